The normalized spacial score (nSPS) is 11.5. The zero-order valence-corrected chi connectivity index (χ0v) is 10.8. The molecule has 3 N–H and O–H groups in total. The second kappa shape index (κ2) is 6.53. The Kier molecular flexibility index (Phi) is 5.05. The van der Waals surface area contributed by atoms with E-state index in [0.717, 1.165) is 5.56 Å². The van der Waals surface area contributed by atoms with Gasteiger partial charge in [0.15, 0.2) is 0 Å². The highest BCUT2D eigenvalue weighted by atomic mass is 16.4. The summed E-state index contributed by atoms with van der Waals surface area (Å²) in [7, 11) is 0. The number of amides is 2. The number of nitrogens with one attached hydrogen (secondary N) is 2. The van der Waals surface area contributed by atoms with Crippen molar-refractivity contribution in [3.05, 3.63) is 35.4 Å². The predicted octanol–water partition coefficient (Wildman–Crippen LogP) is 0.314. The molecule has 1 rings (SSSR count). The fourth-order valence-electron chi connectivity index (χ4n) is 1.32. The molecule has 0 aliphatic rings. The Morgan fingerprint density at radius 3 is 2.32 bits per heavy atom. The number of aliphatic carboxylic acids is 1. The molecule has 0 spiro atoms. The van der Waals surface area contributed by atoms with Crippen molar-refractivity contribution in [2.24, 2.45) is 0 Å². The molecule has 0 saturated carbocycles. The number of aryl methyl sites for hydroxylation is 1. The van der Waals surface area contributed by atoms with E-state index >= 15 is 0 Å². The van der Waals surface area contributed by atoms with E-state index in [0.29, 0.717) is 5.56 Å². The number of rotatable bonds is 5. The van der Waals surface area contributed by atoms with Gasteiger partial charge in [-0.05, 0) is 26.0 Å². The molecule has 0 radical (unpaired) electrons. The lowest BCUT2D eigenvalue weighted by molar-refractivity contribution is -0.141. The van der Waals surface area contributed by atoms with Crippen molar-refractivity contribution in [3.63, 3.8) is 0 Å². The van der Waals surface area contributed by atoms with Crippen LogP contribution in [-0.2, 0) is 9.59 Å². The number of carboxylic acid groups (broad SMARTS) is 1. The van der Waals surface area contributed by atoms with E-state index in [1.807, 2.05) is 6.92 Å². The Morgan fingerprint density at radius 2 is 1.79 bits per heavy atom. The molecule has 0 aliphatic heterocycles. The number of carbonyl (C=O) groups excluding carboxylic acids is 2. The van der Waals surface area contributed by atoms with E-state index in [-0.39, 0.29) is 12.5 Å². The lowest BCUT2D eigenvalue weighted by atomic mass is 10.1. The van der Waals surface area contributed by atoms with Crippen LogP contribution in [-0.4, -0.2) is 35.5 Å². The summed E-state index contributed by atoms with van der Waals surface area (Å²) in [6, 6.07) is 5.91. The van der Waals surface area contributed by atoms with E-state index in [4.69, 9.17) is 5.11 Å². The van der Waals surface area contributed by atoms with Gasteiger partial charge in [-0.1, -0.05) is 17.7 Å². The molecule has 1 aromatic carbocycles. The second-order valence-electron chi connectivity index (χ2n) is 4.18. The topological polar surface area (TPSA) is 95.5 Å². The SMILES string of the molecule is Cc1ccc(C(=O)NCC(=O)N[C@@H](C)C(=O)O)cc1. The van der Waals surface area contributed by atoms with E-state index in [1.165, 1.54) is 6.92 Å². The van der Waals surface area contributed by atoms with Crippen LogP contribution in [0.5, 0.6) is 0 Å². The molecular weight excluding hydrogens is 248 g/mol. The van der Waals surface area contributed by atoms with Gasteiger partial charge >= 0.3 is 5.97 Å². The zero-order valence-electron chi connectivity index (χ0n) is 10.8. The van der Waals surface area contributed by atoms with Gasteiger partial charge in [-0.25, -0.2) is 0 Å². The van der Waals surface area contributed by atoms with Crippen molar-refractivity contribution in [1.29, 1.82) is 0 Å². The average molecular weight is 264 g/mol. The summed E-state index contributed by atoms with van der Waals surface area (Å²) < 4.78 is 0. The average Bonchev–Trinajstić information content (AvgIpc) is 2.36. The first-order valence-corrected chi connectivity index (χ1v) is 5.77. The molecule has 19 heavy (non-hydrogen) atoms. The van der Waals surface area contributed by atoms with Crippen LogP contribution in [0.25, 0.3) is 0 Å². The smallest absolute Gasteiger partial charge is 0.325 e. The molecule has 0 aliphatic carbocycles. The summed E-state index contributed by atoms with van der Waals surface area (Å²) in [5, 5.41) is 13.3. The van der Waals surface area contributed by atoms with Crippen LogP contribution in [0.15, 0.2) is 24.3 Å². The number of carbonyl (C=O) groups is 3. The maximum atomic E-state index is 11.7. The van der Waals surface area contributed by atoms with Gasteiger partial charge in [-0.3, -0.25) is 14.4 Å². The second-order valence-corrected chi connectivity index (χ2v) is 4.18. The van der Waals surface area contributed by atoms with Crippen molar-refractivity contribution in [2.75, 3.05) is 6.54 Å². The highest BCUT2D eigenvalue weighted by Crippen LogP contribution is 2.02. The van der Waals surface area contributed by atoms with Crippen LogP contribution in [0.2, 0.25) is 0 Å². The summed E-state index contributed by atoms with van der Waals surface area (Å²) in [6.45, 7) is 2.99. The Hall–Kier alpha value is -2.37. The van der Waals surface area contributed by atoms with Crippen molar-refractivity contribution >= 4 is 17.8 Å². The van der Waals surface area contributed by atoms with E-state index in [9.17, 15) is 14.4 Å². The van der Waals surface area contributed by atoms with Gasteiger partial charge < -0.3 is 15.7 Å². The quantitative estimate of drug-likeness (QED) is 0.713. The van der Waals surface area contributed by atoms with E-state index in [2.05, 4.69) is 10.6 Å². The van der Waals surface area contributed by atoms with Crippen LogP contribution >= 0.6 is 0 Å². The fourth-order valence-corrected chi connectivity index (χ4v) is 1.32. The first-order valence-electron chi connectivity index (χ1n) is 5.77. The summed E-state index contributed by atoms with van der Waals surface area (Å²) in [5.41, 5.74) is 1.48. The maximum absolute atomic E-state index is 11.7. The van der Waals surface area contributed by atoms with Gasteiger partial charge in [0.25, 0.3) is 5.91 Å². The van der Waals surface area contributed by atoms with Gasteiger partial charge in [0.1, 0.15) is 6.04 Å². The molecule has 0 unspecified atom stereocenters. The lowest BCUT2D eigenvalue weighted by Crippen LogP contribution is -2.43. The molecule has 2 amide bonds. The van der Waals surface area contributed by atoms with Crippen LogP contribution < -0.4 is 10.6 Å². The molecule has 102 valence electrons. The van der Waals surface area contributed by atoms with Gasteiger partial charge in [0.05, 0.1) is 6.54 Å². The minimum absolute atomic E-state index is 0.260. The summed E-state index contributed by atoms with van der Waals surface area (Å²) >= 11 is 0. The van der Waals surface area contributed by atoms with Crippen molar-refractivity contribution in [3.8, 4) is 0 Å². The Bertz CT molecular complexity index is 482. The van der Waals surface area contributed by atoms with Gasteiger partial charge in [-0.15, -0.1) is 0 Å². The monoisotopic (exact) mass is 264 g/mol. The fraction of sp³-hybridized carbons (Fsp3) is 0.308. The van der Waals surface area contributed by atoms with Gasteiger partial charge in [-0.2, -0.15) is 0 Å². The first-order chi connectivity index (χ1) is 8.90. The van der Waals surface area contributed by atoms with Crippen molar-refractivity contribution in [2.45, 2.75) is 19.9 Å². The Balaban J connectivity index is 2.44. The van der Waals surface area contributed by atoms with Crippen LogP contribution in [0.4, 0.5) is 0 Å². The van der Waals surface area contributed by atoms with Crippen LogP contribution in [0.1, 0.15) is 22.8 Å². The molecule has 0 fully saturated rings. The number of hydrogen-bond acceptors (Lipinski definition) is 3. The third-order valence-corrected chi connectivity index (χ3v) is 2.47. The van der Waals surface area contributed by atoms with Crippen molar-refractivity contribution in [1.82, 2.24) is 10.6 Å². The molecule has 6 heteroatoms. The highest BCUT2D eigenvalue weighted by molar-refractivity contribution is 5.96. The van der Waals surface area contributed by atoms with Crippen LogP contribution in [0, 0.1) is 6.92 Å². The van der Waals surface area contributed by atoms with Gasteiger partial charge in [0, 0.05) is 5.56 Å². The van der Waals surface area contributed by atoms with Gasteiger partial charge in [0.2, 0.25) is 5.91 Å². The zero-order chi connectivity index (χ0) is 14.4. The third-order valence-electron chi connectivity index (χ3n) is 2.47. The summed E-state index contributed by atoms with van der Waals surface area (Å²) in [4.78, 5) is 33.6. The molecule has 1 atom stereocenters. The lowest BCUT2D eigenvalue weighted by Gasteiger charge is -2.10. The summed E-state index contributed by atoms with van der Waals surface area (Å²) in [5.74, 6) is -2.05. The minimum Gasteiger partial charge on any atom is -0.480 e. The third kappa shape index (κ3) is 4.79. The molecule has 0 heterocycles. The molecule has 0 aromatic heterocycles. The van der Waals surface area contributed by atoms with E-state index < -0.39 is 17.9 Å². The largest absolute Gasteiger partial charge is 0.480 e. The number of carboxylic acids is 1. The molecular formula is C13H16N2O4. The molecule has 0 bridgehead atoms. The molecule has 6 nitrogen and oxygen atoms in total. The maximum Gasteiger partial charge on any atom is 0.325 e. The summed E-state index contributed by atoms with van der Waals surface area (Å²) in [6.07, 6.45) is 0. The minimum atomic E-state index is -1.13. The van der Waals surface area contributed by atoms with Crippen LogP contribution in [0.3, 0.4) is 0 Å². The molecule has 0 saturated heterocycles. The number of benzene rings is 1. The first kappa shape index (κ1) is 14.7. The number of hydrogen-bond donors (Lipinski definition) is 3. The molecule has 1 aromatic rings. The Labute approximate surface area is 110 Å². The van der Waals surface area contributed by atoms with E-state index in [1.54, 1.807) is 24.3 Å². The van der Waals surface area contributed by atoms with Crippen molar-refractivity contribution < 1.29 is 19.5 Å². The predicted molar refractivity (Wildman–Crippen MR) is 68.8 cm³/mol. The standard InChI is InChI=1S/C13H16N2O4/c1-8-3-5-10(6-4-8)12(17)14-7-11(16)15-9(2)13(18)19/h3-6,9H,7H2,1-2H3,(H,14,17)(H,15,16)(H,18,19)/t9-/m0/s1. The Morgan fingerprint density at radius 1 is 1.21 bits per heavy atom. The highest BCUT2D eigenvalue weighted by Gasteiger charge is 2.14.